The second kappa shape index (κ2) is 3.59. The van der Waals surface area contributed by atoms with E-state index in [0.717, 1.165) is 25.1 Å². The zero-order valence-electron chi connectivity index (χ0n) is 11.2. The summed E-state index contributed by atoms with van der Waals surface area (Å²) in [4.78, 5) is 11.6. The van der Waals surface area contributed by atoms with Crippen LogP contribution in [0.25, 0.3) is 0 Å². The molecule has 2 heterocycles. The topological polar surface area (TPSA) is 55.1 Å². The lowest BCUT2D eigenvalue weighted by Crippen LogP contribution is -2.49. The average Bonchev–Trinajstić information content (AvgIpc) is 2.68. The lowest BCUT2D eigenvalue weighted by atomic mass is 9.55. The number of amides is 1. The van der Waals surface area contributed by atoms with Crippen molar-refractivity contribution in [3.8, 4) is 0 Å². The van der Waals surface area contributed by atoms with Gasteiger partial charge in [0.05, 0.1) is 6.20 Å². The Bertz CT molecular complexity index is 492. The molecule has 1 saturated heterocycles. The number of hydrogen-bond donors (Lipinski definition) is 1. The molecule has 4 nitrogen and oxygen atoms in total. The summed E-state index contributed by atoms with van der Waals surface area (Å²) in [6, 6.07) is 0. The molecule has 0 aromatic carbocycles. The van der Waals surface area contributed by atoms with Gasteiger partial charge >= 0.3 is 0 Å². The van der Waals surface area contributed by atoms with Crippen molar-refractivity contribution in [1.82, 2.24) is 10.5 Å². The van der Waals surface area contributed by atoms with Crippen LogP contribution in [0.3, 0.4) is 0 Å². The predicted octanol–water partition coefficient (Wildman–Crippen LogP) is 2.04. The molecule has 2 atom stereocenters. The molecule has 1 aromatic rings. The highest BCUT2D eigenvalue weighted by atomic mass is 16.5. The summed E-state index contributed by atoms with van der Waals surface area (Å²) in [5.74, 6) is 1.64. The molecule has 1 N–H and O–H groups in total. The molecular weight excluding hydrogens is 228 g/mol. The normalized spacial score (nSPS) is 34.2. The van der Waals surface area contributed by atoms with E-state index in [1.807, 2.05) is 6.20 Å². The van der Waals surface area contributed by atoms with E-state index < -0.39 is 0 Å². The van der Waals surface area contributed by atoms with Crippen LogP contribution >= 0.6 is 0 Å². The first-order chi connectivity index (χ1) is 8.43. The van der Waals surface area contributed by atoms with Crippen LogP contribution < -0.4 is 5.32 Å². The first-order valence-electron chi connectivity index (χ1n) is 6.64. The van der Waals surface area contributed by atoms with E-state index in [2.05, 4.69) is 31.2 Å². The molecule has 1 aromatic heterocycles. The van der Waals surface area contributed by atoms with Crippen LogP contribution in [0, 0.1) is 11.3 Å². The van der Waals surface area contributed by atoms with Gasteiger partial charge in [0.15, 0.2) is 0 Å². The molecule has 2 aliphatic rings. The highest BCUT2D eigenvalue weighted by Crippen LogP contribution is 2.52. The van der Waals surface area contributed by atoms with E-state index in [9.17, 15) is 4.79 Å². The van der Waals surface area contributed by atoms with Gasteiger partial charge in [-0.1, -0.05) is 25.9 Å². The fourth-order valence-corrected chi connectivity index (χ4v) is 4.06. The molecule has 1 aliphatic heterocycles. The average molecular weight is 248 g/mol. The number of rotatable bonds is 0. The Morgan fingerprint density at radius 2 is 2.22 bits per heavy atom. The fourth-order valence-electron chi connectivity index (χ4n) is 4.06. The smallest absolute Gasteiger partial charge is 0.220 e. The number of fused-ring (bicyclic) bond motifs is 2. The molecule has 1 fully saturated rings. The zero-order valence-corrected chi connectivity index (χ0v) is 11.2. The van der Waals surface area contributed by atoms with Gasteiger partial charge in [0.2, 0.25) is 5.91 Å². The molecule has 0 bridgehead atoms. The lowest BCUT2D eigenvalue weighted by Gasteiger charge is -2.48. The van der Waals surface area contributed by atoms with E-state index >= 15 is 0 Å². The summed E-state index contributed by atoms with van der Waals surface area (Å²) in [7, 11) is 0. The van der Waals surface area contributed by atoms with Crippen LogP contribution in [0.2, 0.25) is 0 Å². The third-order valence-corrected chi connectivity index (χ3v) is 4.89. The third-order valence-electron chi connectivity index (χ3n) is 4.89. The maximum absolute atomic E-state index is 11.6. The Labute approximate surface area is 107 Å². The second-order valence-electron chi connectivity index (χ2n) is 6.60. The molecule has 1 aliphatic carbocycles. The third kappa shape index (κ3) is 1.51. The maximum Gasteiger partial charge on any atom is 0.220 e. The van der Waals surface area contributed by atoms with E-state index in [1.54, 1.807) is 0 Å². The van der Waals surface area contributed by atoms with Crippen LogP contribution in [-0.4, -0.2) is 17.6 Å². The summed E-state index contributed by atoms with van der Waals surface area (Å²) < 4.78 is 5.48. The minimum Gasteiger partial charge on any atom is -0.361 e. The summed E-state index contributed by atoms with van der Waals surface area (Å²) in [5.41, 5.74) is 1.26. The monoisotopic (exact) mass is 248 g/mol. The highest BCUT2D eigenvalue weighted by molar-refractivity contribution is 5.76. The Morgan fingerprint density at radius 1 is 1.44 bits per heavy atom. The highest BCUT2D eigenvalue weighted by Gasteiger charge is 2.52. The summed E-state index contributed by atoms with van der Waals surface area (Å²) in [5, 5.41) is 7.02. The molecule has 0 radical (unpaired) electrons. The summed E-state index contributed by atoms with van der Waals surface area (Å²) in [6.45, 7) is 7.47. The van der Waals surface area contributed by atoms with Crippen molar-refractivity contribution in [2.45, 2.75) is 45.4 Å². The quantitative estimate of drug-likeness (QED) is 0.764. The Morgan fingerprint density at radius 3 is 3.00 bits per heavy atom. The van der Waals surface area contributed by atoms with Gasteiger partial charge in [0, 0.05) is 23.9 Å². The Hall–Kier alpha value is -1.32. The van der Waals surface area contributed by atoms with E-state index in [4.69, 9.17) is 4.52 Å². The minimum absolute atomic E-state index is 0.0505. The molecule has 1 amide bonds. The Kier molecular flexibility index (Phi) is 2.34. The summed E-state index contributed by atoms with van der Waals surface area (Å²) >= 11 is 0. The maximum atomic E-state index is 11.6. The predicted molar refractivity (Wildman–Crippen MR) is 67.1 cm³/mol. The molecule has 0 saturated carbocycles. The van der Waals surface area contributed by atoms with Crippen LogP contribution in [0.5, 0.6) is 0 Å². The van der Waals surface area contributed by atoms with Crippen molar-refractivity contribution < 1.29 is 9.32 Å². The van der Waals surface area contributed by atoms with Gasteiger partial charge in [-0.15, -0.1) is 0 Å². The molecule has 4 heteroatoms. The van der Waals surface area contributed by atoms with Crippen molar-refractivity contribution in [2.75, 3.05) is 6.54 Å². The number of carbonyl (C=O) groups excluding carboxylic acids is 1. The molecule has 0 spiro atoms. The van der Waals surface area contributed by atoms with Gasteiger partial charge in [-0.2, -0.15) is 0 Å². The Balaban J connectivity index is 2.08. The van der Waals surface area contributed by atoms with Crippen LogP contribution in [-0.2, 0) is 16.6 Å². The van der Waals surface area contributed by atoms with Crippen molar-refractivity contribution in [3.63, 3.8) is 0 Å². The van der Waals surface area contributed by atoms with Gasteiger partial charge < -0.3 is 9.84 Å². The van der Waals surface area contributed by atoms with Crippen molar-refractivity contribution in [1.29, 1.82) is 0 Å². The SMILES string of the molecule is CC1(C)c2oncc2C[C@]2(C)CNC(=O)CC[C@@H]12. The van der Waals surface area contributed by atoms with Gasteiger partial charge in [0.1, 0.15) is 5.76 Å². The van der Waals surface area contributed by atoms with Gasteiger partial charge in [0.25, 0.3) is 0 Å². The largest absolute Gasteiger partial charge is 0.361 e. The van der Waals surface area contributed by atoms with Crippen molar-refractivity contribution >= 4 is 5.91 Å². The zero-order chi connectivity index (χ0) is 13.0. The second-order valence-corrected chi connectivity index (χ2v) is 6.60. The molecule has 3 rings (SSSR count). The number of carbonyl (C=O) groups is 1. The van der Waals surface area contributed by atoms with Gasteiger partial charge in [-0.25, -0.2) is 0 Å². The molecule has 18 heavy (non-hydrogen) atoms. The number of nitrogens with one attached hydrogen (secondary N) is 1. The van der Waals surface area contributed by atoms with Crippen LogP contribution in [0.1, 0.15) is 44.9 Å². The van der Waals surface area contributed by atoms with Gasteiger partial charge in [-0.3, -0.25) is 4.79 Å². The van der Waals surface area contributed by atoms with Crippen LogP contribution in [0.15, 0.2) is 10.7 Å². The van der Waals surface area contributed by atoms with Crippen molar-refractivity contribution in [2.24, 2.45) is 11.3 Å². The lowest BCUT2D eigenvalue weighted by molar-refractivity contribution is -0.120. The van der Waals surface area contributed by atoms with Crippen LogP contribution in [0.4, 0.5) is 0 Å². The summed E-state index contributed by atoms with van der Waals surface area (Å²) in [6.07, 6.45) is 4.33. The molecule has 98 valence electrons. The van der Waals surface area contributed by atoms with Gasteiger partial charge in [-0.05, 0) is 24.2 Å². The number of aromatic nitrogens is 1. The first-order valence-corrected chi connectivity index (χ1v) is 6.64. The van der Waals surface area contributed by atoms with Crippen molar-refractivity contribution in [3.05, 3.63) is 17.5 Å². The van der Waals surface area contributed by atoms with E-state index in [-0.39, 0.29) is 16.7 Å². The number of hydrogen-bond acceptors (Lipinski definition) is 3. The molecule has 0 unspecified atom stereocenters. The number of nitrogens with zero attached hydrogens (tertiary/aromatic N) is 1. The van der Waals surface area contributed by atoms with E-state index in [1.165, 1.54) is 5.56 Å². The standard InChI is InChI=1S/C14H20N2O2/c1-13(2)10-4-5-11(17)15-8-14(10,3)6-9-7-16-18-12(9)13/h7,10H,4-6,8H2,1-3H3,(H,15,17)/t10-,14+/m0/s1. The van der Waals surface area contributed by atoms with E-state index in [0.29, 0.717) is 12.3 Å². The minimum atomic E-state index is -0.0505. The molecular formula is C14H20N2O2. The first kappa shape index (κ1) is 11.8. The fraction of sp³-hybridized carbons (Fsp3) is 0.714.